The summed E-state index contributed by atoms with van der Waals surface area (Å²) in [5.41, 5.74) is 1.59. The van der Waals surface area contributed by atoms with Crippen LogP contribution >= 0.6 is 0 Å². The van der Waals surface area contributed by atoms with E-state index in [9.17, 15) is 8.42 Å². The molecule has 3 rings (SSSR count). The Morgan fingerprint density at radius 3 is 2.38 bits per heavy atom. The first-order chi connectivity index (χ1) is 12.6. The molecule has 0 bridgehead atoms. The molecule has 2 aromatic rings. The van der Waals surface area contributed by atoms with Crippen molar-refractivity contribution in [3.8, 4) is 0 Å². The Hall–Kier alpha value is -2.08. The molecule has 6 heteroatoms. The SMILES string of the molecule is CCCS(=O)(=O)N(Cc1ccccc1)c1ccc(N2CCCCC2)nc1. The number of nitrogens with zero attached hydrogens (tertiary/aromatic N) is 3. The van der Waals surface area contributed by atoms with Crippen molar-refractivity contribution in [2.24, 2.45) is 0 Å². The molecule has 0 unspecified atom stereocenters. The van der Waals surface area contributed by atoms with E-state index in [0.717, 1.165) is 24.5 Å². The Morgan fingerprint density at radius 2 is 1.77 bits per heavy atom. The molecular weight excluding hydrogens is 346 g/mol. The van der Waals surface area contributed by atoms with Gasteiger partial charge >= 0.3 is 0 Å². The lowest BCUT2D eigenvalue weighted by molar-refractivity contribution is 0.573. The quantitative estimate of drug-likeness (QED) is 0.740. The van der Waals surface area contributed by atoms with Crippen LogP contribution in [0.4, 0.5) is 11.5 Å². The molecule has 0 aliphatic carbocycles. The first-order valence-corrected chi connectivity index (χ1v) is 11.0. The standard InChI is InChI=1S/C20H27N3O2S/c1-2-15-26(24,25)23(17-18-9-5-3-6-10-18)19-11-12-20(21-16-19)22-13-7-4-8-14-22/h3,5-6,9-12,16H,2,4,7-8,13-15,17H2,1H3. The van der Waals surface area contributed by atoms with Crippen LogP contribution in [-0.2, 0) is 16.6 Å². The Bertz CT molecular complexity index is 786. The van der Waals surface area contributed by atoms with Gasteiger partial charge in [-0.15, -0.1) is 0 Å². The lowest BCUT2D eigenvalue weighted by atomic mass is 10.1. The van der Waals surface area contributed by atoms with Gasteiger partial charge in [-0.3, -0.25) is 4.31 Å². The number of aromatic nitrogens is 1. The summed E-state index contributed by atoms with van der Waals surface area (Å²) < 4.78 is 27.1. The maximum atomic E-state index is 12.8. The van der Waals surface area contributed by atoms with Crippen LogP contribution in [0, 0.1) is 0 Å². The first kappa shape index (κ1) is 18.7. The third-order valence-electron chi connectivity index (χ3n) is 4.67. The molecule has 0 N–H and O–H groups in total. The molecule has 5 nitrogen and oxygen atoms in total. The van der Waals surface area contributed by atoms with E-state index in [1.807, 2.05) is 49.4 Å². The third-order valence-corrected chi connectivity index (χ3v) is 6.60. The summed E-state index contributed by atoms with van der Waals surface area (Å²) in [4.78, 5) is 6.83. The fraction of sp³-hybridized carbons (Fsp3) is 0.450. The Morgan fingerprint density at radius 1 is 1.04 bits per heavy atom. The van der Waals surface area contributed by atoms with Gasteiger partial charge < -0.3 is 4.90 Å². The van der Waals surface area contributed by atoms with Crippen molar-refractivity contribution >= 4 is 21.5 Å². The fourth-order valence-electron chi connectivity index (χ4n) is 3.30. The minimum atomic E-state index is -3.38. The van der Waals surface area contributed by atoms with Crippen LogP contribution in [0.3, 0.4) is 0 Å². The van der Waals surface area contributed by atoms with E-state index in [4.69, 9.17) is 0 Å². The summed E-state index contributed by atoms with van der Waals surface area (Å²) in [5, 5.41) is 0. The Kier molecular flexibility index (Phi) is 6.14. The zero-order valence-electron chi connectivity index (χ0n) is 15.3. The van der Waals surface area contributed by atoms with Crippen molar-refractivity contribution in [1.29, 1.82) is 0 Å². The number of rotatable bonds is 7. The van der Waals surface area contributed by atoms with Crippen molar-refractivity contribution in [2.45, 2.75) is 39.2 Å². The number of hydrogen-bond donors (Lipinski definition) is 0. The van der Waals surface area contributed by atoms with E-state index >= 15 is 0 Å². The normalized spacial score (nSPS) is 15.0. The molecular formula is C20H27N3O2S. The lowest BCUT2D eigenvalue weighted by Crippen LogP contribution is -2.33. The molecule has 0 atom stereocenters. The highest BCUT2D eigenvalue weighted by molar-refractivity contribution is 7.92. The van der Waals surface area contributed by atoms with Crippen molar-refractivity contribution < 1.29 is 8.42 Å². The van der Waals surface area contributed by atoms with Crippen molar-refractivity contribution in [3.63, 3.8) is 0 Å². The van der Waals surface area contributed by atoms with Gasteiger partial charge in [0.05, 0.1) is 24.2 Å². The molecule has 1 aliphatic heterocycles. The monoisotopic (exact) mass is 373 g/mol. The summed E-state index contributed by atoms with van der Waals surface area (Å²) in [6.45, 7) is 4.26. The lowest BCUT2D eigenvalue weighted by Gasteiger charge is -2.29. The summed E-state index contributed by atoms with van der Waals surface area (Å²) in [5.74, 6) is 1.06. The van der Waals surface area contributed by atoms with E-state index in [2.05, 4.69) is 9.88 Å². The van der Waals surface area contributed by atoms with Gasteiger partial charge in [-0.25, -0.2) is 13.4 Å². The molecule has 0 amide bonds. The molecule has 1 aromatic heterocycles. The van der Waals surface area contributed by atoms with Gasteiger partial charge in [0.15, 0.2) is 0 Å². The summed E-state index contributed by atoms with van der Waals surface area (Å²) in [6.07, 6.45) is 5.94. The Labute approximate surface area is 156 Å². The maximum Gasteiger partial charge on any atom is 0.235 e. The second kappa shape index (κ2) is 8.54. The molecule has 0 radical (unpaired) electrons. The van der Waals surface area contributed by atoms with Gasteiger partial charge in [-0.1, -0.05) is 37.3 Å². The second-order valence-electron chi connectivity index (χ2n) is 6.73. The van der Waals surface area contributed by atoms with Crippen LogP contribution in [0.15, 0.2) is 48.7 Å². The van der Waals surface area contributed by atoms with Crippen molar-refractivity contribution in [1.82, 2.24) is 4.98 Å². The average Bonchev–Trinajstić information content (AvgIpc) is 2.68. The molecule has 1 fully saturated rings. The van der Waals surface area contributed by atoms with Gasteiger partial charge in [0.1, 0.15) is 5.82 Å². The smallest absolute Gasteiger partial charge is 0.235 e. The van der Waals surface area contributed by atoms with E-state index in [1.54, 1.807) is 6.20 Å². The van der Waals surface area contributed by atoms with E-state index in [1.165, 1.54) is 23.6 Å². The van der Waals surface area contributed by atoms with Gasteiger partial charge in [0, 0.05) is 13.1 Å². The molecule has 2 heterocycles. The Balaban J connectivity index is 1.86. The number of sulfonamides is 1. The first-order valence-electron chi connectivity index (χ1n) is 9.35. The van der Waals surface area contributed by atoms with Crippen molar-refractivity contribution in [3.05, 3.63) is 54.2 Å². The summed E-state index contributed by atoms with van der Waals surface area (Å²) in [6, 6.07) is 13.5. The molecule has 0 spiro atoms. The van der Waals surface area contributed by atoms with Crippen LogP contribution in [0.2, 0.25) is 0 Å². The maximum absolute atomic E-state index is 12.8. The van der Waals surface area contributed by atoms with Gasteiger partial charge in [0.2, 0.25) is 10.0 Å². The molecule has 0 saturated carbocycles. The summed E-state index contributed by atoms with van der Waals surface area (Å²) in [7, 11) is -3.38. The van der Waals surface area contributed by atoms with Crippen LogP contribution < -0.4 is 9.21 Å². The van der Waals surface area contributed by atoms with Gasteiger partial charge in [-0.05, 0) is 43.4 Å². The number of benzene rings is 1. The zero-order valence-corrected chi connectivity index (χ0v) is 16.2. The molecule has 26 heavy (non-hydrogen) atoms. The number of anilines is 2. The highest BCUT2D eigenvalue weighted by atomic mass is 32.2. The predicted molar refractivity (Wildman–Crippen MR) is 107 cm³/mol. The number of pyridine rings is 1. The number of piperidine rings is 1. The highest BCUT2D eigenvalue weighted by Crippen LogP contribution is 2.24. The molecule has 1 aromatic carbocycles. The minimum absolute atomic E-state index is 0.133. The molecule has 140 valence electrons. The van der Waals surface area contributed by atoms with E-state index in [-0.39, 0.29) is 5.75 Å². The van der Waals surface area contributed by atoms with Crippen LogP contribution in [0.1, 0.15) is 38.2 Å². The third kappa shape index (κ3) is 4.55. The highest BCUT2D eigenvalue weighted by Gasteiger charge is 2.23. The van der Waals surface area contributed by atoms with E-state index < -0.39 is 10.0 Å². The second-order valence-corrected chi connectivity index (χ2v) is 8.74. The zero-order chi connectivity index (χ0) is 18.4. The average molecular weight is 374 g/mol. The predicted octanol–water partition coefficient (Wildman–Crippen LogP) is 3.82. The van der Waals surface area contributed by atoms with Gasteiger partial charge in [-0.2, -0.15) is 0 Å². The van der Waals surface area contributed by atoms with E-state index in [0.29, 0.717) is 18.7 Å². The molecule has 1 aliphatic rings. The topological polar surface area (TPSA) is 53.5 Å². The van der Waals surface area contributed by atoms with Crippen LogP contribution in [-0.4, -0.2) is 32.2 Å². The van der Waals surface area contributed by atoms with Gasteiger partial charge in [0.25, 0.3) is 0 Å². The largest absolute Gasteiger partial charge is 0.357 e. The van der Waals surface area contributed by atoms with Crippen LogP contribution in [0.25, 0.3) is 0 Å². The number of hydrogen-bond acceptors (Lipinski definition) is 4. The van der Waals surface area contributed by atoms with Crippen molar-refractivity contribution in [2.75, 3.05) is 28.0 Å². The minimum Gasteiger partial charge on any atom is -0.357 e. The molecule has 1 saturated heterocycles. The van der Waals surface area contributed by atoms with Crippen LogP contribution in [0.5, 0.6) is 0 Å². The fourth-order valence-corrected chi connectivity index (χ4v) is 4.81. The summed E-state index contributed by atoms with van der Waals surface area (Å²) >= 11 is 0.